The maximum atomic E-state index is 13.5. The lowest BCUT2D eigenvalue weighted by Crippen LogP contribution is -2.55. The third kappa shape index (κ3) is 2.41. The van der Waals surface area contributed by atoms with Gasteiger partial charge in [-0.15, -0.1) is 0 Å². The summed E-state index contributed by atoms with van der Waals surface area (Å²) in [5.41, 5.74) is -0.294. The number of nitrogens with zero attached hydrogens (tertiary/aromatic N) is 1. The highest BCUT2D eigenvalue weighted by atomic mass is 32.2. The highest BCUT2D eigenvalue weighted by molar-refractivity contribution is 7.98. The van der Waals surface area contributed by atoms with E-state index in [4.69, 9.17) is 0 Å². The van der Waals surface area contributed by atoms with Gasteiger partial charge in [-0.2, -0.15) is 11.8 Å². The number of anilines is 1. The number of likely N-dealkylation sites (tertiary alicyclic amines) is 1. The van der Waals surface area contributed by atoms with Gasteiger partial charge < -0.3 is 5.32 Å². The number of para-hydroxylation sites is 1. The van der Waals surface area contributed by atoms with E-state index in [2.05, 4.69) is 10.6 Å². The summed E-state index contributed by atoms with van der Waals surface area (Å²) in [6.45, 7) is 5.59. The van der Waals surface area contributed by atoms with Crippen LogP contribution in [-0.2, 0) is 19.9 Å². The fourth-order valence-electron chi connectivity index (χ4n) is 4.91. The molecule has 0 aliphatic carbocycles. The van der Waals surface area contributed by atoms with E-state index < -0.39 is 22.9 Å². The molecule has 0 radical (unpaired) electrons. The van der Waals surface area contributed by atoms with Crippen LogP contribution in [0.1, 0.15) is 32.8 Å². The number of imide groups is 1. The van der Waals surface area contributed by atoms with Crippen molar-refractivity contribution in [2.45, 2.75) is 44.3 Å². The molecule has 3 amide bonds. The van der Waals surface area contributed by atoms with Gasteiger partial charge in [-0.3, -0.25) is 24.6 Å². The highest BCUT2D eigenvalue weighted by Crippen LogP contribution is 2.54. The lowest BCUT2D eigenvalue weighted by Gasteiger charge is -2.34. The Bertz CT molecular complexity index is 834. The molecule has 0 aromatic heterocycles. The number of nitrogens with one attached hydrogen (secondary N) is 2. The molecule has 1 aromatic carbocycles. The fourth-order valence-corrected chi connectivity index (χ4v) is 5.40. The molecule has 1 aromatic rings. The monoisotopic (exact) mass is 387 g/mol. The van der Waals surface area contributed by atoms with Crippen LogP contribution in [0.3, 0.4) is 0 Å². The number of carbonyl (C=O) groups is 3. The molecule has 4 unspecified atom stereocenters. The predicted molar refractivity (Wildman–Crippen MR) is 105 cm³/mol. The molecule has 2 fully saturated rings. The fraction of sp³-hybridized carbons (Fsp3) is 0.550. The molecule has 0 bridgehead atoms. The number of amides is 3. The van der Waals surface area contributed by atoms with Crippen molar-refractivity contribution in [1.29, 1.82) is 0 Å². The van der Waals surface area contributed by atoms with Crippen molar-refractivity contribution in [2.75, 3.05) is 17.3 Å². The Kier molecular flexibility index (Phi) is 4.16. The number of fused-ring (bicyclic) bond motifs is 4. The van der Waals surface area contributed by atoms with E-state index in [-0.39, 0.29) is 23.8 Å². The first kappa shape index (κ1) is 18.5. The Labute approximate surface area is 163 Å². The standard InChI is InChI=1S/C20H25N3O3S/c1-19(2,3)23-16(24)14-13(9-10-27-4)22-20(15(14)17(23)25)11-7-5-6-8-12(11)21-18(20)26/h5-8,13-15,22H,9-10H2,1-4H3,(H,21,26). The molecule has 3 heterocycles. The van der Waals surface area contributed by atoms with Crippen molar-refractivity contribution >= 4 is 35.2 Å². The minimum absolute atomic E-state index is 0.162. The molecule has 7 heteroatoms. The summed E-state index contributed by atoms with van der Waals surface area (Å²) in [5, 5.41) is 6.37. The Balaban J connectivity index is 1.87. The van der Waals surface area contributed by atoms with Crippen LogP contribution < -0.4 is 10.6 Å². The van der Waals surface area contributed by atoms with Crippen LogP contribution in [0.25, 0.3) is 0 Å². The van der Waals surface area contributed by atoms with Gasteiger partial charge in [-0.1, -0.05) is 18.2 Å². The van der Waals surface area contributed by atoms with Gasteiger partial charge in [0.15, 0.2) is 0 Å². The normalized spacial score (nSPS) is 32.2. The first-order valence-corrected chi connectivity index (χ1v) is 10.7. The Morgan fingerprint density at radius 2 is 1.85 bits per heavy atom. The summed E-state index contributed by atoms with van der Waals surface area (Å²) in [6.07, 6.45) is 2.75. The average molecular weight is 388 g/mol. The summed E-state index contributed by atoms with van der Waals surface area (Å²) in [7, 11) is 0. The van der Waals surface area contributed by atoms with E-state index in [1.165, 1.54) is 4.90 Å². The minimum atomic E-state index is -1.17. The van der Waals surface area contributed by atoms with Crippen molar-refractivity contribution in [1.82, 2.24) is 10.2 Å². The third-order valence-electron chi connectivity index (χ3n) is 5.93. The van der Waals surface area contributed by atoms with Crippen LogP contribution in [0.4, 0.5) is 5.69 Å². The van der Waals surface area contributed by atoms with Gasteiger partial charge in [-0.05, 0) is 45.3 Å². The van der Waals surface area contributed by atoms with E-state index in [1.54, 1.807) is 11.8 Å². The molecule has 3 aliphatic heterocycles. The first-order chi connectivity index (χ1) is 12.7. The maximum absolute atomic E-state index is 13.5. The average Bonchev–Trinajstić information content (AvgIpc) is 3.17. The Morgan fingerprint density at radius 1 is 1.15 bits per heavy atom. The molecule has 1 spiro atoms. The van der Waals surface area contributed by atoms with Crippen LogP contribution in [0, 0.1) is 11.8 Å². The van der Waals surface area contributed by atoms with Gasteiger partial charge in [0.25, 0.3) is 0 Å². The second-order valence-electron chi connectivity index (χ2n) is 8.53. The molecule has 0 saturated carbocycles. The molecular weight excluding hydrogens is 362 g/mol. The van der Waals surface area contributed by atoms with Crippen LogP contribution in [0.2, 0.25) is 0 Å². The van der Waals surface area contributed by atoms with Gasteiger partial charge in [0.2, 0.25) is 17.7 Å². The van der Waals surface area contributed by atoms with E-state index in [0.717, 1.165) is 17.7 Å². The van der Waals surface area contributed by atoms with Gasteiger partial charge >= 0.3 is 0 Å². The van der Waals surface area contributed by atoms with Gasteiger partial charge in [-0.25, -0.2) is 0 Å². The van der Waals surface area contributed by atoms with Crippen molar-refractivity contribution in [2.24, 2.45) is 11.8 Å². The Morgan fingerprint density at radius 3 is 2.52 bits per heavy atom. The summed E-state index contributed by atoms with van der Waals surface area (Å²) in [5.74, 6) is -1.01. The lowest BCUT2D eigenvalue weighted by molar-refractivity contribution is -0.147. The van der Waals surface area contributed by atoms with Gasteiger partial charge in [0.05, 0.1) is 11.8 Å². The predicted octanol–water partition coefficient (Wildman–Crippen LogP) is 1.96. The van der Waals surface area contributed by atoms with Gasteiger partial charge in [0, 0.05) is 22.8 Å². The van der Waals surface area contributed by atoms with E-state index in [9.17, 15) is 14.4 Å². The molecule has 4 rings (SSSR count). The highest BCUT2D eigenvalue weighted by Gasteiger charge is 2.71. The molecular formula is C20H25N3O3S. The van der Waals surface area contributed by atoms with Crippen LogP contribution >= 0.6 is 11.8 Å². The molecule has 6 nitrogen and oxygen atoms in total. The smallest absolute Gasteiger partial charge is 0.250 e. The SMILES string of the molecule is CSCCC1NC2(C(=O)Nc3ccccc32)C2C(=O)N(C(C)(C)C)C(=O)C12. The molecule has 27 heavy (non-hydrogen) atoms. The second-order valence-corrected chi connectivity index (χ2v) is 9.51. The van der Waals surface area contributed by atoms with Gasteiger partial charge in [0.1, 0.15) is 5.54 Å². The summed E-state index contributed by atoms with van der Waals surface area (Å²) < 4.78 is 0. The van der Waals surface area contributed by atoms with E-state index in [0.29, 0.717) is 5.69 Å². The number of thioether (sulfide) groups is 1. The number of rotatable bonds is 3. The third-order valence-corrected chi connectivity index (χ3v) is 6.57. The molecule has 2 N–H and O–H groups in total. The molecule has 4 atom stereocenters. The van der Waals surface area contributed by atoms with Crippen LogP contribution in [0.5, 0.6) is 0 Å². The number of hydrogen-bond acceptors (Lipinski definition) is 5. The van der Waals surface area contributed by atoms with Crippen molar-refractivity contribution < 1.29 is 14.4 Å². The summed E-state index contributed by atoms with van der Waals surface area (Å²) >= 11 is 1.70. The van der Waals surface area contributed by atoms with E-state index >= 15 is 0 Å². The van der Waals surface area contributed by atoms with Crippen LogP contribution in [-0.4, -0.2) is 46.2 Å². The Hall–Kier alpha value is -1.86. The number of hydrogen-bond donors (Lipinski definition) is 2. The summed E-state index contributed by atoms with van der Waals surface area (Å²) in [4.78, 5) is 41.3. The minimum Gasteiger partial charge on any atom is -0.324 e. The zero-order valence-corrected chi connectivity index (χ0v) is 16.9. The molecule has 144 valence electrons. The zero-order valence-electron chi connectivity index (χ0n) is 16.0. The second kappa shape index (κ2) is 6.07. The zero-order chi connectivity index (χ0) is 19.6. The largest absolute Gasteiger partial charge is 0.324 e. The number of carbonyl (C=O) groups excluding carboxylic acids is 3. The van der Waals surface area contributed by atoms with Crippen molar-refractivity contribution in [3.05, 3.63) is 29.8 Å². The van der Waals surface area contributed by atoms with Crippen molar-refractivity contribution in [3.63, 3.8) is 0 Å². The van der Waals surface area contributed by atoms with E-state index in [1.807, 2.05) is 51.3 Å². The number of benzene rings is 1. The first-order valence-electron chi connectivity index (χ1n) is 9.29. The maximum Gasteiger partial charge on any atom is 0.250 e. The van der Waals surface area contributed by atoms with Crippen LogP contribution in [0.15, 0.2) is 24.3 Å². The topological polar surface area (TPSA) is 78.5 Å². The van der Waals surface area contributed by atoms with Crippen molar-refractivity contribution in [3.8, 4) is 0 Å². The quantitative estimate of drug-likeness (QED) is 0.775. The lowest BCUT2D eigenvalue weighted by atomic mass is 9.76. The molecule has 3 aliphatic rings. The molecule has 2 saturated heterocycles. The summed E-state index contributed by atoms with van der Waals surface area (Å²) in [6, 6.07) is 7.25.